The molecular weight excluding hydrogens is 362 g/mol. The second kappa shape index (κ2) is 7.53. The third-order valence-electron chi connectivity index (χ3n) is 6.27. The SMILES string of the molecule is CC(=O)N[C@@H]1Cc2ccc(S(=O)(=O)N3CCN(C4CCCC4)CC3)cc2C1. The van der Waals surface area contributed by atoms with Crippen molar-refractivity contribution in [2.45, 2.75) is 62.4 Å². The molecule has 0 spiro atoms. The van der Waals surface area contributed by atoms with Crippen LogP contribution in [-0.2, 0) is 27.7 Å². The van der Waals surface area contributed by atoms with Gasteiger partial charge in [0, 0.05) is 45.2 Å². The molecule has 2 fully saturated rings. The second-order valence-electron chi connectivity index (χ2n) is 8.11. The lowest BCUT2D eigenvalue weighted by molar-refractivity contribution is -0.119. The smallest absolute Gasteiger partial charge is 0.243 e. The van der Waals surface area contributed by atoms with E-state index in [-0.39, 0.29) is 11.9 Å². The zero-order valence-electron chi connectivity index (χ0n) is 16.0. The average Bonchev–Trinajstić information content (AvgIpc) is 3.30. The summed E-state index contributed by atoms with van der Waals surface area (Å²) in [6.45, 7) is 4.33. The molecule has 148 valence electrons. The van der Waals surface area contributed by atoms with Crippen molar-refractivity contribution in [3.8, 4) is 0 Å². The molecule has 1 saturated carbocycles. The summed E-state index contributed by atoms with van der Waals surface area (Å²) in [5.41, 5.74) is 2.18. The van der Waals surface area contributed by atoms with Crippen molar-refractivity contribution in [3.05, 3.63) is 29.3 Å². The van der Waals surface area contributed by atoms with Crippen molar-refractivity contribution in [1.29, 1.82) is 0 Å². The Kier molecular flexibility index (Phi) is 5.27. The summed E-state index contributed by atoms with van der Waals surface area (Å²) in [5.74, 6) is -0.0409. The number of carbonyl (C=O) groups is 1. The summed E-state index contributed by atoms with van der Waals surface area (Å²) in [5, 5.41) is 2.94. The topological polar surface area (TPSA) is 69.7 Å². The van der Waals surface area contributed by atoms with Gasteiger partial charge < -0.3 is 5.32 Å². The number of carbonyl (C=O) groups excluding carboxylic acids is 1. The first-order valence-corrected chi connectivity index (χ1v) is 11.5. The molecule has 1 amide bonds. The first-order chi connectivity index (χ1) is 12.9. The minimum absolute atomic E-state index is 0.0409. The van der Waals surface area contributed by atoms with Crippen LogP contribution in [0.5, 0.6) is 0 Å². The molecule has 27 heavy (non-hydrogen) atoms. The maximum absolute atomic E-state index is 13.1. The number of hydrogen-bond donors (Lipinski definition) is 1. The molecule has 1 heterocycles. The fourth-order valence-electron chi connectivity index (χ4n) is 4.87. The first kappa shape index (κ1) is 18.9. The van der Waals surface area contributed by atoms with Crippen LogP contribution in [0.1, 0.15) is 43.7 Å². The molecule has 1 saturated heterocycles. The zero-order valence-corrected chi connectivity index (χ0v) is 16.8. The van der Waals surface area contributed by atoms with Crippen molar-refractivity contribution in [3.63, 3.8) is 0 Å². The number of rotatable bonds is 4. The van der Waals surface area contributed by atoms with Crippen molar-refractivity contribution in [2.24, 2.45) is 0 Å². The van der Waals surface area contributed by atoms with E-state index >= 15 is 0 Å². The van der Waals surface area contributed by atoms with E-state index in [4.69, 9.17) is 0 Å². The van der Waals surface area contributed by atoms with Crippen molar-refractivity contribution < 1.29 is 13.2 Å². The summed E-state index contributed by atoms with van der Waals surface area (Å²) < 4.78 is 27.9. The highest BCUT2D eigenvalue weighted by Crippen LogP contribution is 2.28. The number of sulfonamides is 1. The van der Waals surface area contributed by atoms with Crippen LogP contribution in [-0.4, -0.2) is 61.8 Å². The zero-order chi connectivity index (χ0) is 19.0. The van der Waals surface area contributed by atoms with Crippen molar-refractivity contribution >= 4 is 15.9 Å². The fourth-order valence-corrected chi connectivity index (χ4v) is 6.35. The highest BCUT2D eigenvalue weighted by Gasteiger charge is 2.33. The lowest BCUT2D eigenvalue weighted by Gasteiger charge is -2.37. The Labute approximate surface area is 162 Å². The Balaban J connectivity index is 1.43. The number of fused-ring (bicyclic) bond motifs is 1. The third kappa shape index (κ3) is 3.91. The van der Waals surface area contributed by atoms with Gasteiger partial charge in [-0.1, -0.05) is 18.9 Å². The Bertz CT molecular complexity index is 810. The Morgan fingerprint density at radius 1 is 1.04 bits per heavy atom. The van der Waals surface area contributed by atoms with E-state index in [1.807, 2.05) is 12.1 Å². The molecule has 0 aromatic heterocycles. The highest BCUT2D eigenvalue weighted by molar-refractivity contribution is 7.89. The largest absolute Gasteiger partial charge is 0.353 e. The van der Waals surface area contributed by atoms with Gasteiger partial charge in [0.15, 0.2) is 0 Å². The molecule has 1 aromatic rings. The first-order valence-electron chi connectivity index (χ1n) is 10.1. The van der Waals surface area contributed by atoms with Gasteiger partial charge in [-0.15, -0.1) is 0 Å². The van der Waals surface area contributed by atoms with Crippen LogP contribution in [0.3, 0.4) is 0 Å². The molecule has 0 unspecified atom stereocenters. The normalized spacial score (nSPS) is 24.9. The minimum Gasteiger partial charge on any atom is -0.353 e. The quantitative estimate of drug-likeness (QED) is 0.845. The van der Waals surface area contributed by atoms with E-state index in [2.05, 4.69) is 10.2 Å². The predicted octanol–water partition coefficient (Wildman–Crippen LogP) is 1.54. The van der Waals surface area contributed by atoms with E-state index in [1.165, 1.54) is 32.6 Å². The lowest BCUT2D eigenvalue weighted by atomic mass is 10.1. The van der Waals surface area contributed by atoms with Crippen LogP contribution in [0.25, 0.3) is 0 Å². The molecule has 1 N–H and O–H groups in total. The van der Waals surface area contributed by atoms with Crippen LogP contribution < -0.4 is 5.32 Å². The molecule has 7 heteroatoms. The molecular formula is C20H29N3O3S. The summed E-state index contributed by atoms with van der Waals surface area (Å²) >= 11 is 0. The second-order valence-corrected chi connectivity index (χ2v) is 10.1. The predicted molar refractivity (Wildman–Crippen MR) is 104 cm³/mol. The monoisotopic (exact) mass is 391 g/mol. The molecule has 2 aliphatic carbocycles. The number of hydrogen-bond acceptors (Lipinski definition) is 4. The van der Waals surface area contributed by atoms with E-state index in [0.29, 0.717) is 30.4 Å². The molecule has 0 bridgehead atoms. The van der Waals surface area contributed by atoms with Gasteiger partial charge in [-0.2, -0.15) is 4.31 Å². The number of piperazine rings is 1. The Hall–Kier alpha value is -1.44. The fraction of sp³-hybridized carbons (Fsp3) is 0.650. The van der Waals surface area contributed by atoms with Crippen LogP contribution in [0.15, 0.2) is 23.1 Å². The summed E-state index contributed by atoms with van der Waals surface area (Å²) in [6, 6.07) is 6.19. The third-order valence-corrected chi connectivity index (χ3v) is 8.16. The van der Waals surface area contributed by atoms with Crippen LogP contribution in [0.4, 0.5) is 0 Å². The van der Waals surface area contributed by atoms with Gasteiger partial charge in [-0.25, -0.2) is 8.42 Å². The molecule has 4 rings (SSSR count). The van der Waals surface area contributed by atoms with Crippen molar-refractivity contribution in [1.82, 2.24) is 14.5 Å². The lowest BCUT2D eigenvalue weighted by Crippen LogP contribution is -2.51. The van der Waals surface area contributed by atoms with Gasteiger partial charge in [-0.3, -0.25) is 9.69 Å². The highest BCUT2D eigenvalue weighted by atomic mass is 32.2. The Morgan fingerprint density at radius 2 is 1.70 bits per heavy atom. The molecule has 3 aliphatic rings. The van der Waals surface area contributed by atoms with Gasteiger partial charge >= 0.3 is 0 Å². The number of nitrogens with zero attached hydrogens (tertiary/aromatic N) is 2. The van der Waals surface area contributed by atoms with Crippen LogP contribution in [0, 0.1) is 0 Å². The maximum atomic E-state index is 13.1. The average molecular weight is 392 g/mol. The summed E-state index contributed by atoms with van der Waals surface area (Å²) in [4.78, 5) is 14.1. The van der Waals surface area contributed by atoms with Gasteiger partial charge in [0.25, 0.3) is 0 Å². The van der Waals surface area contributed by atoms with Crippen LogP contribution >= 0.6 is 0 Å². The van der Waals surface area contributed by atoms with E-state index in [9.17, 15) is 13.2 Å². The van der Waals surface area contributed by atoms with Gasteiger partial charge in [-0.05, 0) is 48.9 Å². The van der Waals surface area contributed by atoms with Gasteiger partial charge in [0.2, 0.25) is 15.9 Å². The molecule has 1 aromatic carbocycles. The molecule has 0 radical (unpaired) electrons. The van der Waals surface area contributed by atoms with Crippen molar-refractivity contribution in [2.75, 3.05) is 26.2 Å². The molecule has 1 atom stereocenters. The van der Waals surface area contributed by atoms with Gasteiger partial charge in [0.05, 0.1) is 4.90 Å². The summed E-state index contributed by atoms with van der Waals surface area (Å²) in [6.07, 6.45) is 6.60. The molecule has 1 aliphatic heterocycles. The van der Waals surface area contributed by atoms with Crippen LogP contribution in [0.2, 0.25) is 0 Å². The number of benzene rings is 1. The molecule has 6 nitrogen and oxygen atoms in total. The standard InChI is InChI=1S/C20H29N3O3S/c1-15(24)21-18-12-16-6-7-20(14-17(16)13-18)27(25,26)23-10-8-22(9-11-23)19-4-2-3-5-19/h6-7,14,18-19H,2-5,8-13H2,1H3,(H,21,24)/t18-/m1/s1. The minimum atomic E-state index is -3.45. The van der Waals surface area contributed by atoms with E-state index in [0.717, 1.165) is 30.6 Å². The van der Waals surface area contributed by atoms with E-state index < -0.39 is 10.0 Å². The van der Waals surface area contributed by atoms with E-state index in [1.54, 1.807) is 10.4 Å². The Morgan fingerprint density at radius 3 is 2.37 bits per heavy atom. The summed E-state index contributed by atoms with van der Waals surface area (Å²) in [7, 11) is -3.45. The maximum Gasteiger partial charge on any atom is 0.243 e. The number of amides is 1. The number of nitrogens with one attached hydrogen (secondary N) is 1. The van der Waals surface area contributed by atoms with Gasteiger partial charge in [0.1, 0.15) is 0 Å².